The first-order valence-corrected chi connectivity index (χ1v) is 3.42. The maximum Gasteiger partial charge on any atom is 0.204 e. The Morgan fingerprint density at radius 1 is 1.00 bits per heavy atom. The van der Waals surface area contributed by atoms with Gasteiger partial charge in [-0.3, -0.25) is 0 Å². The Bertz CT molecular complexity index is 301. The van der Waals surface area contributed by atoms with Gasteiger partial charge in [-0.15, -0.1) is 0 Å². The normalized spacial score (nSPS) is 10.4. The number of benzene rings is 1. The Kier molecular flexibility index (Phi) is 2.95. The Hall–Kier alpha value is -1.30. The molecule has 0 saturated heterocycles. The molecule has 0 aliphatic rings. The molecule has 0 fully saturated rings. The number of hydrogen-bond acceptors (Lipinski definition) is 2. The Labute approximate surface area is 76.7 Å². The third-order valence-corrected chi connectivity index (χ3v) is 1.62. The molecule has 14 heavy (non-hydrogen) atoms. The molecule has 6 heteroatoms. The van der Waals surface area contributed by atoms with E-state index in [9.17, 15) is 17.6 Å². The molecule has 0 aliphatic heterocycles. The van der Waals surface area contributed by atoms with Gasteiger partial charge in [-0.25, -0.2) is 8.78 Å². The summed E-state index contributed by atoms with van der Waals surface area (Å²) in [6, 6.07) is 0. The molecule has 1 aromatic rings. The summed E-state index contributed by atoms with van der Waals surface area (Å²) < 4.78 is 55.2. The van der Waals surface area contributed by atoms with Crippen LogP contribution < -0.4 is 4.74 Å². The monoisotopic (exact) mass is 209 g/mol. The summed E-state index contributed by atoms with van der Waals surface area (Å²) in [7, 11) is 2.64. The number of ether oxygens (including phenoxy) is 1. The smallest absolute Gasteiger partial charge is 0.204 e. The number of aliphatic hydroxyl groups is 1. The number of hydrogen-bond donors (Lipinski definition) is 1. The first-order chi connectivity index (χ1) is 6.54. The van der Waals surface area contributed by atoms with E-state index in [0.29, 0.717) is 0 Å². The lowest BCUT2D eigenvalue weighted by Gasteiger charge is -2.08. The molecular formula is C8H5F4O2. The van der Waals surface area contributed by atoms with Crippen molar-refractivity contribution in [1.29, 1.82) is 0 Å². The van der Waals surface area contributed by atoms with Crippen molar-refractivity contribution in [3.05, 3.63) is 35.9 Å². The van der Waals surface area contributed by atoms with Crippen molar-refractivity contribution < 1.29 is 27.4 Å². The molecule has 0 bridgehead atoms. The zero-order valence-electron chi connectivity index (χ0n) is 6.78. The molecule has 0 heterocycles. The van der Waals surface area contributed by atoms with Crippen molar-refractivity contribution in [2.45, 2.75) is 6.61 Å². The molecule has 77 valence electrons. The van der Waals surface area contributed by atoms with Gasteiger partial charge >= 0.3 is 0 Å². The topological polar surface area (TPSA) is 29.5 Å². The van der Waals surface area contributed by atoms with Gasteiger partial charge in [0.15, 0.2) is 17.4 Å². The average Bonchev–Trinajstić information content (AvgIpc) is 2.17. The lowest BCUT2D eigenvalue weighted by Crippen LogP contribution is -2.05. The Morgan fingerprint density at radius 3 is 1.71 bits per heavy atom. The minimum atomic E-state index is -1.72. The fraction of sp³-hybridized carbons (Fsp3) is 0.125. The van der Waals surface area contributed by atoms with Crippen LogP contribution in [0, 0.1) is 30.4 Å². The molecule has 2 nitrogen and oxygen atoms in total. The van der Waals surface area contributed by atoms with Gasteiger partial charge in [0.1, 0.15) is 7.11 Å². The second kappa shape index (κ2) is 3.83. The second-order valence-corrected chi connectivity index (χ2v) is 2.37. The van der Waals surface area contributed by atoms with Gasteiger partial charge in [-0.05, 0) is 0 Å². The van der Waals surface area contributed by atoms with Crippen LogP contribution in [0.15, 0.2) is 0 Å². The van der Waals surface area contributed by atoms with Crippen LogP contribution in [0.4, 0.5) is 17.6 Å². The van der Waals surface area contributed by atoms with Crippen molar-refractivity contribution in [1.82, 2.24) is 0 Å². The van der Waals surface area contributed by atoms with E-state index in [4.69, 9.17) is 5.11 Å². The summed E-state index contributed by atoms with van der Waals surface area (Å²) in [5, 5.41) is 8.44. The Balaban J connectivity index is 3.55. The van der Waals surface area contributed by atoms with Gasteiger partial charge < -0.3 is 9.84 Å². The van der Waals surface area contributed by atoms with Gasteiger partial charge in [0.2, 0.25) is 11.6 Å². The highest BCUT2D eigenvalue weighted by atomic mass is 19.2. The highest BCUT2D eigenvalue weighted by molar-refractivity contribution is 5.34. The van der Waals surface area contributed by atoms with Crippen LogP contribution in [0.1, 0.15) is 5.56 Å². The van der Waals surface area contributed by atoms with E-state index in [0.717, 1.165) is 0 Å². The van der Waals surface area contributed by atoms with Crippen LogP contribution in [0.5, 0.6) is 5.75 Å². The average molecular weight is 209 g/mol. The van der Waals surface area contributed by atoms with Crippen molar-refractivity contribution in [3.63, 3.8) is 0 Å². The minimum Gasteiger partial charge on any atom is -0.484 e. The maximum atomic E-state index is 12.8. The lowest BCUT2D eigenvalue weighted by atomic mass is 10.2. The van der Waals surface area contributed by atoms with E-state index in [1.165, 1.54) is 0 Å². The quantitative estimate of drug-likeness (QED) is 0.595. The molecule has 0 aliphatic carbocycles. The predicted octanol–water partition coefficient (Wildman–Crippen LogP) is 1.91. The fourth-order valence-corrected chi connectivity index (χ4v) is 0.923. The van der Waals surface area contributed by atoms with Crippen molar-refractivity contribution in [3.8, 4) is 5.75 Å². The zero-order valence-corrected chi connectivity index (χ0v) is 6.78. The van der Waals surface area contributed by atoms with E-state index >= 15 is 0 Å². The molecule has 1 N–H and O–H groups in total. The highest BCUT2D eigenvalue weighted by Crippen LogP contribution is 2.29. The zero-order chi connectivity index (χ0) is 10.9. The molecule has 1 rings (SSSR count). The lowest BCUT2D eigenvalue weighted by molar-refractivity contribution is 0.259. The molecule has 1 radical (unpaired) electrons. The van der Waals surface area contributed by atoms with Gasteiger partial charge in [0, 0.05) is 0 Å². The van der Waals surface area contributed by atoms with Crippen molar-refractivity contribution >= 4 is 0 Å². The first-order valence-electron chi connectivity index (χ1n) is 3.42. The minimum absolute atomic E-state index is 1.08. The van der Waals surface area contributed by atoms with Crippen LogP contribution in [0.3, 0.4) is 0 Å². The molecular weight excluding hydrogens is 204 g/mol. The van der Waals surface area contributed by atoms with E-state index in [1.54, 1.807) is 0 Å². The standard InChI is InChI=1S/C8H5F4O2/c1-14-8-6(11)4(9)3(2-13)5(10)7(8)12/h13H,1-2H2. The summed E-state index contributed by atoms with van der Waals surface area (Å²) in [6.07, 6.45) is 0. The number of aliphatic hydroxyl groups excluding tert-OH is 1. The van der Waals surface area contributed by atoms with Crippen LogP contribution >= 0.6 is 0 Å². The van der Waals surface area contributed by atoms with Crippen LogP contribution in [0.2, 0.25) is 0 Å². The summed E-state index contributed by atoms with van der Waals surface area (Å²) in [6.45, 7) is -1.15. The molecule has 0 amide bonds. The van der Waals surface area contributed by atoms with Crippen LogP contribution in [-0.2, 0) is 6.61 Å². The van der Waals surface area contributed by atoms with Crippen molar-refractivity contribution in [2.24, 2.45) is 0 Å². The summed E-state index contributed by atoms with van der Waals surface area (Å²) >= 11 is 0. The van der Waals surface area contributed by atoms with E-state index in [-0.39, 0.29) is 0 Å². The summed E-state index contributed by atoms with van der Waals surface area (Å²) in [5.41, 5.74) is -1.08. The summed E-state index contributed by atoms with van der Waals surface area (Å²) in [4.78, 5) is 0. The Morgan fingerprint density at radius 2 is 1.43 bits per heavy atom. The second-order valence-electron chi connectivity index (χ2n) is 2.37. The fourth-order valence-electron chi connectivity index (χ4n) is 0.923. The SMILES string of the molecule is [CH2]Oc1c(F)c(F)c(CO)c(F)c1F. The molecule has 0 unspecified atom stereocenters. The van der Waals surface area contributed by atoms with Gasteiger partial charge in [0.25, 0.3) is 0 Å². The van der Waals surface area contributed by atoms with E-state index < -0.39 is 41.2 Å². The molecule has 0 spiro atoms. The summed E-state index contributed by atoms with van der Waals surface area (Å²) in [5.74, 6) is -8.07. The number of halogens is 4. The first kappa shape index (κ1) is 10.8. The van der Waals surface area contributed by atoms with E-state index in [1.807, 2.05) is 0 Å². The molecule has 1 aromatic carbocycles. The van der Waals surface area contributed by atoms with Crippen LogP contribution in [-0.4, -0.2) is 5.11 Å². The van der Waals surface area contributed by atoms with E-state index in [2.05, 4.69) is 11.8 Å². The van der Waals surface area contributed by atoms with Crippen molar-refractivity contribution in [2.75, 3.05) is 0 Å². The largest absolute Gasteiger partial charge is 0.484 e. The maximum absolute atomic E-state index is 12.8. The number of rotatable bonds is 2. The molecule has 0 aromatic heterocycles. The van der Waals surface area contributed by atoms with Gasteiger partial charge in [0.05, 0.1) is 12.2 Å². The van der Waals surface area contributed by atoms with Gasteiger partial charge in [-0.1, -0.05) is 0 Å². The van der Waals surface area contributed by atoms with Crippen LogP contribution in [0.25, 0.3) is 0 Å². The molecule has 0 saturated carbocycles. The third kappa shape index (κ3) is 1.41. The molecule has 0 atom stereocenters. The predicted molar refractivity (Wildman–Crippen MR) is 38.2 cm³/mol. The highest BCUT2D eigenvalue weighted by Gasteiger charge is 2.25. The third-order valence-electron chi connectivity index (χ3n) is 1.62. The van der Waals surface area contributed by atoms with Gasteiger partial charge in [-0.2, -0.15) is 8.78 Å².